The molecule has 0 aromatic carbocycles. The molecule has 3 heteroatoms. The first kappa shape index (κ1) is 22.4. The number of nitrogens with zero attached hydrogens (tertiary/aromatic N) is 1. The summed E-state index contributed by atoms with van der Waals surface area (Å²) in [6.07, 6.45) is 8.20. The van der Waals surface area contributed by atoms with Gasteiger partial charge in [0.15, 0.2) is 0 Å². The van der Waals surface area contributed by atoms with Gasteiger partial charge in [-0.2, -0.15) is 0 Å². The van der Waals surface area contributed by atoms with Crippen LogP contribution in [-0.2, 0) is 0 Å². The Hall–Kier alpha value is 1.25. The van der Waals surface area contributed by atoms with Crippen molar-refractivity contribution in [2.45, 2.75) is 59.3 Å². The minimum Gasteiger partial charge on any atom is -1.00 e. The number of unbranched alkanes of at least 4 members (excludes halogenated alkanes) is 3. The molecule has 0 aromatic rings. The van der Waals surface area contributed by atoms with Gasteiger partial charge in [0, 0.05) is 29.6 Å². The van der Waals surface area contributed by atoms with Crippen molar-refractivity contribution in [2.24, 2.45) is 0 Å². The molecule has 1 radical (unpaired) electrons. The first-order valence-electron chi connectivity index (χ1n) is 6.52. The molecule has 0 saturated carbocycles. The summed E-state index contributed by atoms with van der Waals surface area (Å²) in [4.78, 5) is 0. The van der Waals surface area contributed by atoms with Crippen LogP contribution in [0.15, 0.2) is 0 Å². The number of rotatable bonds is 9. The fourth-order valence-electron chi connectivity index (χ4n) is 1.95. The molecule has 0 aliphatic carbocycles. The van der Waals surface area contributed by atoms with Gasteiger partial charge in [-0.3, -0.25) is 0 Å². The zero-order valence-electron chi connectivity index (χ0n) is 12.2. The molecule has 0 amide bonds. The molecule has 0 aromatic heterocycles. The molecule has 1 nitrogen and oxygen atoms in total. The van der Waals surface area contributed by atoms with E-state index in [0.29, 0.717) is 0 Å². The van der Waals surface area contributed by atoms with Gasteiger partial charge < -0.3 is 16.9 Å². The molecule has 0 heterocycles. The van der Waals surface area contributed by atoms with E-state index in [1.165, 1.54) is 62.6 Å². The molecular formula is C13H30ClNNa. The monoisotopic (exact) mass is 258 g/mol. The maximum Gasteiger partial charge on any atom is 0.0784 e. The maximum atomic E-state index is 2.45. The van der Waals surface area contributed by atoms with Gasteiger partial charge >= 0.3 is 0 Å². The number of hydrogen-bond donors (Lipinski definition) is 0. The predicted molar refractivity (Wildman–Crippen MR) is 71.3 cm³/mol. The Bertz CT molecular complexity index is 109. The molecule has 0 bridgehead atoms. The third-order valence-electron chi connectivity index (χ3n) is 3.15. The van der Waals surface area contributed by atoms with Gasteiger partial charge in [-0.1, -0.05) is 40.0 Å². The third kappa shape index (κ3) is 11.7. The van der Waals surface area contributed by atoms with Gasteiger partial charge in [0.1, 0.15) is 0 Å². The summed E-state index contributed by atoms with van der Waals surface area (Å²) in [5, 5.41) is 0. The molecule has 0 fully saturated rings. The van der Waals surface area contributed by atoms with Crippen LogP contribution < -0.4 is 12.4 Å². The molecule has 16 heavy (non-hydrogen) atoms. The summed E-state index contributed by atoms with van der Waals surface area (Å²) in [6, 6.07) is 0. The van der Waals surface area contributed by atoms with Crippen LogP contribution in [-0.4, -0.2) is 60.7 Å². The van der Waals surface area contributed by atoms with Crippen molar-refractivity contribution in [2.75, 3.05) is 26.7 Å². The van der Waals surface area contributed by atoms with Crippen LogP contribution in [0.25, 0.3) is 0 Å². The third-order valence-corrected chi connectivity index (χ3v) is 3.15. The van der Waals surface area contributed by atoms with Gasteiger partial charge in [0.05, 0.1) is 26.7 Å². The van der Waals surface area contributed by atoms with E-state index in [1.807, 2.05) is 0 Å². The zero-order valence-corrected chi connectivity index (χ0v) is 14.9. The second-order valence-electron chi connectivity index (χ2n) is 4.85. The fraction of sp³-hybridized carbons (Fsp3) is 1.00. The minimum absolute atomic E-state index is 0. The van der Waals surface area contributed by atoms with Crippen molar-refractivity contribution >= 4 is 29.6 Å². The summed E-state index contributed by atoms with van der Waals surface area (Å²) in [6.45, 7) is 11.0. The second kappa shape index (κ2) is 14.3. The summed E-state index contributed by atoms with van der Waals surface area (Å²) in [5.41, 5.74) is 0. The Morgan fingerprint density at radius 1 is 0.688 bits per heavy atom. The maximum absolute atomic E-state index is 2.45. The molecule has 0 rings (SSSR count). The molecule has 0 atom stereocenters. The minimum atomic E-state index is 0. The quantitative estimate of drug-likeness (QED) is 0.416. The van der Waals surface area contributed by atoms with E-state index < -0.39 is 0 Å². The van der Waals surface area contributed by atoms with Crippen LogP contribution in [0.4, 0.5) is 0 Å². The van der Waals surface area contributed by atoms with Crippen molar-refractivity contribution in [3.8, 4) is 0 Å². The van der Waals surface area contributed by atoms with Gasteiger partial charge in [-0.25, -0.2) is 0 Å². The Balaban J connectivity index is -0.000000845. The standard InChI is InChI=1S/C13H30N.ClH.Na/c1-5-8-11-14(4,12-9-6-2)13-10-7-3;;/h5-13H2,1-4H3;1H;/q+1;;/p-1. The number of halogens is 1. The van der Waals surface area contributed by atoms with E-state index in [4.69, 9.17) is 0 Å². The van der Waals surface area contributed by atoms with E-state index in [2.05, 4.69) is 27.8 Å². The van der Waals surface area contributed by atoms with Crippen LogP contribution in [0.1, 0.15) is 59.3 Å². The number of quaternary nitrogens is 1. The van der Waals surface area contributed by atoms with E-state index in [9.17, 15) is 0 Å². The van der Waals surface area contributed by atoms with E-state index in [0.717, 1.165) is 0 Å². The van der Waals surface area contributed by atoms with Crippen molar-refractivity contribution in [1.82, 2.24) is 0 Å². The average molecular weight is 259 g/mol. The average Bonchev–Trinajstić information content (AvgIpc) is 2.21. The van der Waals surface area contributed by atoms with Crippen LogP contribution in [0.2, 0.25) is 0 Å². The fourth-order valence-corrected chi connectivity index (χ4v) is 1.95. The molecule has 0 aliphatic rings. The zero-order chi connectivity index (χ0) is 10.9. The molecule has 0 saturated heterocycles. The molecule has 0 aliphatic heterocycles. The van der Waals surface area contributed by atoms with E-state index in [-0.39, 0.29) is 42.0 Å². The SMILES string of the molecule is CCCC[N+](C)(CCCC)CCCC.[Cl-].[Na]. The summed E-state index contributed by atoms with van der Waals surface area (Å²) in [5.74, 6) is 0. The Morgan fingerprint density at radius 2 is 0.938 bits per heavy atom. The van der Waals surface area contributed by atoms with Crippen molar-refractivity contribution in [3.63, 3.8) is 0 Å². The van der Waals surface area contributed by atoms with Gasteiger partial charge in [-0.05, 0) is 19.3 Å². The largest absolute Gasteiger partial charge is 1.00 e. The van der Waals surface area contributed by atoms with Crippen LogP contribution in [0, 0.1) is 0 Å². The number of hydrogen-bond acceptors (Lipinski definition) is 0. The normalized spacial score (nSPS) is 10.5. The first-order valence-corrected chi connectivity index (χ1v) is 6.52. The van der Waals surface area contributed by atoms with Crippen LogP contribution >= 0.6 is 0 Å². The Kier molecular flexibility index (Phi) is 20.1. The predicted octanol–water partition coefficient (Wildman–Crippen LogP) is 0.457. The topological polar surface area (TPSA) is 0 Å². The van der Waals surface area contributed by atoms with E-state index in [1.54, 1.807) is 0 Å². The van der Waals surface area contributed by atoms with Gasteiger partial charge in [0.25, 0.3) is 0 Å². The van der Waals surface area contributed by atoms with Gasteiger partial charge in [0.2, 0.25) is 0 Å². The van der Waals surface area contributed by atoms with Crippen molar-refractivity contribution < 1.29 is 16.9 Å². The summed E-state index contributed by atoms with van der Waals surface area (Å²) in [7, 11) is 2.45. The van der Waals surface area contributed by atoms with Crippen molar-refractivity contribution in [1.29, 1.82) is 0 Å². The second-order valence-corrected chi connectivity index (χ2v) is 4.85. The van der Waals surface area contributed by atoms with Gasteiger partial charge in [-0.15, -0.1) is 0 Å². The Labute approximate surface area is 132 Å². The van der Waals surface area contributed by atoms with Crippen LogP contribution in [0.3, 0.4) is 0 Å². The summed E-state index contributed by atoms with van der Waals surface area (Å²) >= 11 is 0. The smallest absolute Gasteiger partial charge is 0.0784 e. The Morgan fingerprint density at radius 3 is 1.12 bits per heavy atom. The molecule has 0 unspecified atom stereocenters. The van der Waals surface area contributed by atoms with Crippen LogP contribution in [0.5, 0.6) is 0 Å². The molecule has 0 spiro atoms. The molecule has 0 N–H and O–H groups in total. The first-order chi connectivity index (χ1) is 6.68. The molecular weight excluding hydrogens is 229 g/mol. The van der Waals surface area contributed by atoms with E-state index >= 15 is 0 Å². The molecule has 95 valence electrons. The summed E-state index contributed by atoms with van der Waals surface area (Å²) < 4.78 is 1.32. The van der Waals surface area contributed by atoms with Crippen molar-refractivity contribution in [3.05, 3.63) is 0 Å².